The van der Waals surface area contributed by atoms with Crippen molar-refractivity contribution in [1.82, 2.24) is 5.32 Å². The van der Waals surface area contributed by atoms with Crippen molar-refractivity contribution in [2.75, 3.05) is 13.6 Å². The van der Waals surface area contributed by atoms with Gasteiger partial charge in [0.05, 0.1) is 11.0 Å². The molecule has 0 atom stereocenters. The van der Waals surface area contributed by atoms with Crippen LogP contribution >= 0.6 is 15.9 Å². The average Bonchev–Trinajstić information content (AvgIpc) is 2.13. The van der Waals surface area contributed by atoms with Gasteiger partial charge in [-0.1, -0.05) is 0 Å². The van der Waals surface area contributed by atoms with E-state index in [2.05, 4.69) is 21.2 Å². The number of hydrogen-bond acceptors (Lipinski definition) is 2. The molecule has 0 unspecified atom stereocenters. The van der Waals surface area contributed by atoms with Gasteiger partial charge in [0.1, 0.15) is 0 Å². The van der Waals surface area contributed by atoms with Gasteiger partial charge in [0, 0.05) is 5.56 Å². The van der Waals surface area contributed by atoms with Crippen LogP contribution in [0.1, 0.15) is 10.4 Å². The Morgan fingerprint density at radius 1 is 1.50 bits per heavy atom. The molecule has 76 valence electrons. The zero-order valence-corrected chi connectivity index (χ0v) is 8.99. The van der Waals surface area contributed by atoms with Gasteiger partial charge >= 0.3 is 0 Å². The lowest BCUT2D eigenvalue weighted by atomic mass is 10.1. The van der Waals surface area contributed by atoms with Crippen LogP contribution in [0, 0.1) is 11.6 Å². The van der Waals surface area contributed by atoms with Gasteiger partial charge in [-0.05, 0) is 35.1 Å². The Morgan fingerprint density at radius 3 is 2.64 bits per heavy atom. The Labute approximate surface area is 88.4 Å². The third-order valence-corrected chi connectivity index (χ3v) is 2.22. The third kappa shape index (κ3) is 2.36. The molecule has 0 aliphatic carbocycles. The number of likely N-dealkylation sites (N-methyl/N-ethyl adjacent to an activating group) is 1. The molecule has 0 heterocycles. The molecule has 0 aromatic heterocycles. The number of carbonyl (C=O) groups excluding carboxylic acids is 1. The molecule has 0 aliphatic rings. The Hall–Kier alpha value is -0.810. The van der Waals surface area contributed by atoms with E-state index in [1.807, 2.05) is 0 Å². The van der Waals surface area contributed by atoms with E-state index >= 15 is 0 Å². The van der Waals surface area contributed by atoms with Crippen LogP contribution in [0.3, 0.4) is 0 Å². The summed E-state index contributed by atoms with van der Waals surface area (Å²) in [6, 6.07) is 2.15. The molecule has 0 fully saturated rings. The maximum Gasteiger partial charge on any atom is 0.176 e. The van der Waals surface area contributed by atoms with Crippen LogP contribution in [0.2, 0.25) is 0 Å². The van der Waals surface area contributed by atoms with Gasteiger partial charge in [0.15, 0.2) is 17.4 Å². The number of ketones is 1. The summed E-state index contributed by atoms with van der Waals surface area (Å²) in [6.07, 6.45) is 0. The van der Waals surface area contributed by atoms with Gasteiger partial charge in [-0.2, -0.15) is 0 Å². The molecule has 0 aliphatic heterocycles. The van der Waals surface area contributed by atoms with Crippen molar-refractivity contribution in [2.24, 2.45) is 0 Å². The van der Waals surface area contributed by atoms with Crippen LogP contribution < -0.4 is 5.32 Å². The van der Waals surface area contributed by atoms with Crippen LogP contribution in [-0.4, -0.2) is 19.4 Å². The first-order valence-electron chi connectivity index (χ1n) is 3.88. The second-order valence-corrected chi connectivity index (χ2v) is 3.56. The molecule has 5 heteroatoms. The minimum Gasteiger partial charge on any atom is -0.313 e. The Kier molecular flexibility index (Phi) is 3.71. The molecule has 2 nitrogen and oxygen atoms in total. The van der Waals surface area contributed by atoms with E-state index in [0.29, 0.717) is 0 Å². The summed E-state index contributed by atoms with van der Waals surface area (Å²) in [6.45, 7) is 0.0948. The number of nitrogens with one attached hydrogen (secondary N) is 1. The minimum absolute atomic E-state index is 0.0445. The fourth-order valence-corrected chi connectivity index (χ4v) is 1.42. The van der Waals surface area contributed by atoms with Crippen molar-refractivity contribution < 1.29 is 13.6 Å². The van der Waals surface area contributed by atoms with Crippen LogP contribution in [0.4, 0.5) is 8.78 Å². The first-order valence-corrected chi connectivity index (χ1v) is 4.68. The molecule has 1 rings (SSSR count). The van der Waals surface area contributed by atoms with E-state index in [1.54, 1.807) is 7.05 Å². The van der Waals surface area contributed by atoms with Crippen molar-refractivity contribution in [1.29, 1.82) is 0 Å². The largest absolute Gasteiger partial charge is 0.313 e. The molecule has 14 heavy (non-hydrogen) atoms. The fraction of sp³-hybridized carbons (Fsp3) is 0.222. The normalized spacial score (nSPS) is 10.3. The van der Waals surface area contributed by atoms with Crippen molar-refractivity contribution >= 4 is 21.7 Å². The number of carbonyl (C=O) groups is 1. The number of benzene rings is 1. The highest BCUT2D eigenvalue weighted by atomic mass is 79.9. The molecule has 1 aromatic carbocycles. The highest BCUT2D eigenvalue weighted by Gasteiger charge is 2.12. The molecule has 0 spiro atoms. The Morgan fingerprint density at radius 2 is 2.14 bits per heavy atom. The van der Waals surface area contributed by atoms with E-state index in [1.165, 1.54) is 6.07 Å². The topological polar surface area (TPSA) is 29.1 Å². The fourth-order valence-electron chi connectivity index (χ4n) is 0.979. The molecule has 0 saturated heterocycles. The standard InChI is InChI=1S/C9H8BrF2NO/c1-13-4-8(14)5-2-6(10)9(12)7(11)3-5/h2-3,13H,4H2,1H3. The van der Waals surface area contributed by atoms with Gasteiger partial charge in [0.2, 0.25) is 0 Å². The molecule has 0 amide bonds. The van der Waals surface area contributed by atoms with Gasteiger partial charge in [-0.15, -0.1) is 0 Å². The maximum absolute atomic E-state index is 12.9. The van der Waals surface area contributed by atoms with Gasteiger partial charge in [-0.25, -0.2) is 8.78 Å². The predicted molar refractivity (Wildman–Crippen MR) is 52.3 cm³/mol. The summed E-state index contributed by atoms with van der Waals surface area (Å²) < 4.78 is 25.6. The summed E-state index contributed by atoms with van der Waals surface area (Å²) in [5, 5.41) is 2.64. The lowest BCUT2D eigenvalue weighted by molar-refractivity contribution is 0.0993. The molecule has 1 N–H and O–H groups in total. The molecule has 0 radical (unpaired) electrons. The monoisotopic (exact) mass is 263 g/mol. The van der Waals surface area contributed by atoms with E-state index in [0.717, 1.165) is 6.07 Å². The Bertz CT molecular complexity index is 345. The summed E-state index contributed by atoms with van der Waals surface area (Å²) in [5.74, 6) is -2.29. The van der Waals surface area contributed by atoms with E-state index < -0.39 is 11.6 Å². The first kappa shape index (κ1) is 11.3. The van der Waals surface area contributed by atoms with Crippen LogP contribution in [-0.2, 0) is 0 Å². The summed E-state index contributed by atoms with van der Waals surface area (Å²) >= 11 is 2.83. The molecule has 1 aromatic rings. The zero-order chi connectivity index (χ0) is 10.7. The van der Waals surface area contributed by atoms with Gasteiger partial charge in [0.25, 0.3) is 0 Å². The summed E-state index contributed by atoms with van der Waals surface area (Å²) in [7, 11) is 1.60. The number of halogens is 3. The molecule has 0 bridgehead atoms. The second-order valence-electron chi connectivity index (χ2n) is 2.71. The first-order chi connectivity index (χ1) is 6.56. The smallest absolute Gasteiger partial charge is 0.176 e. The molecular formula is C9H8BrF2NO. The van der Waals surface area contributed by atoms with E-state index in [9.17, 15) is 13.6 Å². The highest BCUT2D eigenvalue weighted by Crippen LogP contribution is 2.20. The van der Waals surface area contributed by atoms with Gasteiger partial charge in [-0.3, -0.25) is 4.79 Å². The highest BCUT2D eigenvalue weighted by molar-refractivity contribution is 9.10. The molecular weight excluding hydrogens is 256 g/mol. The van der Waals surface area contributed by atoms with Gasteiger partial charge < -0.3 is 5.32 Å². The summed E-state index contributed by atoms with van der Waals surface area (Å²) in [4.78, 5) is 11.3. The number of Topliss-reactive ketones (excluding diaryl/α,β-unsaturated/α-hetero) is 1. The lowest BCUT2D eigenvalue weighted by Crippen LogP contribution is -2.18. The van der Waals surface area contributed by atoms with E-state index in [-0.39, 0.29) is 22.4 Å². The second kappa shape index (κ2) is 4.61. The Balaban J connectivity index is 3.06. The zero-order valence-electron chi connectivity index (χ0n) is 7.40. The van der Waals surface area contributed by atoms with E-state index in [4.69, 9.17) is 0 Å². The lowest BCUT2D eigenvalue weighted by Gasteiger charge is -2.02. The summed E-state index contributed by atoms with van der Waals surface area (Å²) in [5.41, 5.74) is 0.144. The minimum atomic E-state index is -1.03. The van der Waals surface area contributed by atoms with Crippen LogP contribution in [0.25, 0.3) is 0 Å². The van der Waals surface area contributed by atoms with Crippen LogP contribution in [0.15, 0.2) is 16.6 Å². The molecule has 0 saturated carbocycles. The van der Waals surface area contributed by atoms with Crippen molar-refractivity contribution in [2.45, 2.75) is 0 Å². The number of rotatable bonds is 3. The van der Waals surface area contributed by atoms with Crippen molar-refractivity contribution in [3.8, 4) is 0 Å². The van der Waals surface area contributed by atoms with Crippen molar-refractivity contribution in [3.63, 3.8) is 0 Å². The predicted octanol–water partition coefficient (Wildman–Crippen LogP) is 2.13. The quantitative estimate of drug-likeness (QED) is 0.669. The third-order valence-electron chi connectivity index (χ3n) is 1.64. The van der Waals surface area contributed by atoms with Crippen molar-refractivity contribution in [3.05, 3.63) is 33.8 Å². The maximum atomic E-state index is 12.9. The van der Waals surface area contributed by atoms with Crippen LogP contribution in [0.5, 0.6) is 0 Å². The number of hydrogen-bond donors (Lipinski definition) is 1. The average molecular weight is 264 g/mol. The SMILES string of the molecule is CNCC(=O)c1cc(F)c(F)c(Br)c1.